The Hall–Kier alpha value is -2.21. The molecule has 2 N–H and O–H groups in total. The summed E-state index contributed by atoms with van der Waals surface area (Å²) in [5.74, 6) is 2.72. The van der Waals surface area contributed by atoms with E-state index in [0.29, 0.717) is 6.54 Å². The van der Waals surface area contributed by atoms with E-state index in [4.69, 9.17) is 8.83 Å². The third kappa shape index (κ3) is 4.12. The summed E-state index contributed by atoms with van der Waals surface area (Å²) >= 11 is 0. The monoisotopic (exact) mass is 359 g/mol. The fourth-order valence-corrected chi connectivity index (χ4v) is 3.73. The molecule has 6 heteroatoms. The Morgan fingerprint density at radius 2 is 2.19 bits per heavy atom. The summed E-state index contributed by atoms with van der Waals surface area (Å²) in [4.78, 5) is 14.6. The van der Waals surface area contributed by atoms with E-state index in [1.54, 1.807) is 6.26 Å². The summed E-state index contributed by atoms with van der Waals surface area (Å²) in [5, 5.41) is 6.11. The molecule has 6 nitrogen and oxygen atoms in total. The van der Waals surface area contributed by atoms with Crippen LogP contribution in [0.5, 0.6) is 0 Å². The van der Waals surface area contributed by atoms with Gasteiger partial charge in [0.1, 0.15) is 17.3 Å². The van der Waals surface area contributed by atoms with Gasteiger partial charge in [0.2, 0.25) is 0 Å². The maximum atomic E-state index is 12.5. The average molecular weight is 359 g/mol. The van der Waals surface area contributed by atoms with Crippen LogP contribution in [0.2, 0.25) is 0 Å². The first-order chi connectivity index (χ1) is 12.2. The molecule has 0 bridgehead atoms. The van der Waals surface area contributed by atoms with Crippen molar-refractivity contribution in [1.82, 2.24) is 15.5 Å². The summed E-state index contributed by atoms with van der Waals surface area (Å²) in [6.45, 7) is 6.84. The zero-order valence-electron chi connectivity index (χ0n) is 16.3. The lowest BCUT2D eigenvalue weighted by Crippen LogP contribution is -2.44. The molecular formula is C20H29N3O3. The predicted octanol–water partition coefficient (Wildman–Crippen LogP) is 3.80. The van der Waals surface area contributed by atoms with E-state index in [-0.39, 0.29) is 23.5 Å². The van der Waals surface area contributed by atoms with Gasteiger partial charge in [-0.15, -0.1) is 0 Å². The van der Waals surface area contributed by atoms with E-state index in [1.807, 2.05) is 44.1 Å². The van der Waals surface area contributed by atoms with Gasteiger partial charge in [0, 0.05) is 18.5 Å². The lowest BCUT2D eigenvalue weighted by Gasteiger charge is -2.34. The number of nitrogens with zero attached hydrogens (tertiary/aromatic N) is 1. The molecule has 2 aromatic rings. The van der Waals surface area contributed by atoms with Crippen LogP contribution in [0, 0.1) is 12.3 Å². The molecule has 0 saturated carbocycles. The Morgan fingerprint density at radius 1 is 1.42 bits per heavy atom. The van der Waals surface area contributed by atoms with Crippen molar-refractivity contribution in [1.29, 1.82) is 0 Å². The van der Waals surface area contributed by atoms with E-state index in [0.717, 1.165) is 35.7 Å². The molecule has 0 saturated heterocycles. The van der Waals surface area contributed by atoms with Crippen LogP contribution in [0.4, 0.5) is 4.79 Å². The van der Waals surface area contributed by atoms with Crippen molar-refractivity contribution in [3.63, 3.8) is 0 Å². The second-order valence-corrected chi connectivity index (χ2v) is 8.18. The van der Waals surface area contributed by atoms with Crippen LogP contribution in [-0.2, 0) is 6.42 Å². The number of likely N-dealkylation sites (N-methyl/N-ethyl adjacent to an activating group) is 1. The molecule has 0 aliphatic heterocycles. The fraction of sp³-hybridized carbons (Fsp3) is 0.550. The van der Waals surface area contributed by atoms with E-state index >= 15 is 0 Å². The van der Waals surface area contributed by atoms with Gasteiger partial charge < -0.3 is 19.5 Å². The second-order valence-electron chi connectivity index (χ2n) is 8.18. The number of fused-ring (bicyclic) bond motifs is 1. The molecule has 2 aromatic heterocycles. The van der Waals surface area contributed by atoms with Crippen LogP contribution in [0.1, 0.15) is 55.2 Å². The highest BCUT2D eigenvalue weighted by molar-refractivity contribution is 5.74. The van der Waals surface area contributed by atoms with Crippen molar-refractivity contribution in [2.24, 2.45) is 5.41 Å². The molecule has 2 amide bonds. The quantitative estimate of drug-likeness (QED) is 0.852. The SMILES string of the molecule is Cc1cc2c(o1)CC(C)(C)CC2NC(=O)NCC(c1ccco1)N(C)C. The number of carbonyl (C=O) groups is 1. The number of amides is 2. The Balaban J connectivity index is 1.64. The normalized spacial score (nSPS) is 19.8. The number of urea groups is 1. The zero-order chi connectivity index (χ0) is 18.9. The number of carbonyl (C=O) groups excluding carboxylic acids is 1. The van der Waals surface area contributed by atoms with Gasteiger partial charge in [-0.3, -0.25) is 4.90 Å². The molecule has 26 heavy (non-hydrogen) atoms. The average Bonchev–Trinajstić information content (AvgIpc) is 3.15. The van der Waals surface area contributed by atoms with Gasteiger partial charge in [-0.2, -0.15) is 0 Å². The topological polar surface area (TPSA) is 70.6 Å². The third-order valence-electron chi connectivity index (χ3n) is 4.99. The van der Waals surface area contributed by atoms with Gasteiger partial charge in [0.05, 0.1) is 18.3 Å². The minimum Gasteiger partial charge on any atom is -0.468 e. The standard InChI is InChI=1S/C20H29N3O3/c1-13-9-14-15(10-20(2,3)11-18(14)26-13)22-19(24)21-12-16(23(4)5)17-7-6-8-25-17/h6-9,15-16H,10-12H2,1-5H3,(H2,21,22,24). The van der Waals surface area contributed by atoms with E-state index in [9.17, 15) is 4.79 Å². The maximum absolute atomic E-state index is 12.5. The number of hydrogen-bond acceptors (Lipinski definition) is 4. The Labute approximate surface area is 154 Å². The summed E-state index contributed by atoms with van der Waals surface area (Å²) in [7, 11) is 3.94. The summed E-state index contributed by atoms with van der Waals surface area (Å²) in [6.07, 6.45) is 3.44. The fourth-order valence-electron chi connectivity index (χ4n) is 3.73. The van der Waals surface area contributed by atoms with Crippen LogP contribution < -0.4 is 10.6 Å². The minimum absolute atomic E-state index is 0.00900. The molecule has 0 aromatic carbocycles. The van der Waals surface area contributed by atoms with Crippen LogP contribution in [0.3, 0.4) is 0 Å². The minimum atomic E-state index is -0.170. The molecule has 0 radical (unpaired) electrons. The van der Waals surface area contributed by atoms with Crippen molar-refractivity contribution < 1.29 is 13.6 Å². The van der Waals surface area contributed by atoms with Crippen LogP contribution >= 0.6 is 0 Å². The summed E-state index contributed by atoms with van der Waals surface area (Å²) in [5.41, 5.74) is 1.20. The lowest BCUT2D eigenvalue weighted by molar-refractivity contribution is 0.207. The largest absolute Gasteiger partial charge is 0.468 e. The first-order valence-corrected chi connectivity index (χ1v) is 9.08. The lowest BCUT2D eigenvalue weighted by atomic mass is 9.75. The highest BCUT2D eigenvalue weighted by Gasteiger charge is 2.35. The number of furan rings is 2. The summed E-state index contributed by atoms with van der Waals surface area (Å²) < 4.78 is 11.3. The molecule has 142 valence electrons. The summed E-state index contributed by atoms with van der Waals surface area (Å²) in [6, 6.07) is 5.61. The maximum Gasteiger partial charge on any atom is 0.315 e. The van der Waals surface area contributed by atoms with Crippen molar-refractivity contribution in [2.45, 2.75) is 45.7 Å². The number of rotatable bonds is 5. The van der Waals surface area contributed by atoms with Crippen molar-refractivity contribution in [2.75, 3.05) is 20.6 Å². The Morgan fingerprint density at radius 3 is 2.85 bits per heavy atom. The molecule has 1 aliphatic carbocycles. The highest BCUT2D eigenvalue weighted by Crippen LogP contribution is 2.41. The van der Waals surface area contributed by atoms with E-state index in [2.05, 4.69) is 24.5 Å². The molecule has 2 atom stereocenters. The first kappa shape index (κ1) is 18.6. The molecule has 3 rings (SSSR count). The van der Waals surface area contributed by atoms with Crippen LogP contribution in [0.15, 0.2) is 33.3 Å². The van der Waals surface area contributed by atoms with E-state index in [1.165, 1.54) is 0 Å². The number of hydrogen-bond donors (Lipinski definition) is 2. The van der Waals surface area contributed by atoms with Gasteiger partial charge in [-0.1, -0.05) is 13.8 Å². The Kier molecular flexibility index (Phi) is 5.14. The number of nitrogens with one attached hydrogen (secondary N) is 2. The Bertz CT molecular complexity index is 746. The van der Waals surface area contributed by atoms with Crippen molar-refractivity contribution in [3.05, 3.63) is 47.3 Å². The van der Waals surface area contributed by atoms with Crippen LogP contribution in [0.25, 0.3) is 0 Å². The molecule has 1 aliphatic rings. The van der Waals surface area contributed by atoms with Gasteiger partial charge in [0.25, 0.3) is 0 Å². The number of aryl methyl sites for hydroxylation is 1. The second kappa shape index (κ2) is 7.19. The van der Waals surface area contributed by atoms with Gasteiger partial charge in [-0.25, -0.2) is 4.79 Å². The highest BCUT2D eigenvalue weighted by atomic mass is 16.3. The van der Waals surface area contributed by atoms with Gasteiger partial charge in [0.15, 0.2) is 0 Å². The predicted molar refractivity (Wildman–Crippen MR) is 100.0 cm³/mol. The molecule has 2 unspecified atom stereocenters. The van der Waals surface area contributed by atoms with Crippen LogP contribution in [-0.4, -0.2) is 31.6 Å². The zero-order valence-corrected chi connectivity index (χ0v) is 16.3. The van der Waals surface area contributed by atoms with Crippen molar-refractivity contribution >= 4 is 6.03 Å². The molecule has 2 heterocycles. The smallest absolute Gasteiger partial charge is 0.315 e. The van der Waals surface area contributed by atoms with Gasteiger partial charge in [-0.05, 0) is 51.1 Å². The first-order valence-electron chi connectivity index (χ1n) is 9.08. The van der Waals surface area contributed by atoms with Gasteiger partial charge >= 0.3 is 6.03 Å². The van der Waals surface area contributed by atoms with Crippen molar-refractivity contribution in [3.8, 4) is 0 Å². The molecule has 0 spiro atoms. The van der Waals surface area contributed by atoms with E-state index < -0.39 is 0 Å². The molecular weight excluding hydrogens is 330 g/mol. The molecule has 0 fully saturated rings. The third-order valence-corrected chi connectivity index (χ3v) is 4.99.